The van der Waals surface area contributed by atoms with Crippen LogP contribution in [0.15, 0.2) is 0 Å². The van der Waals surface area contributed by atoms with E-state index in [-0.39, 0.29) is 11.9 Å². The van der Waals surface area contributed by atoms with Crippen LogP contribution in [0.3, 0.4) is 0 Å². The number of likely N-dealkylation sites (tertiary alicyclic amines) is 1. The van der Waals surface area contributed by atoms with E-state index < -0.39 is 42.0 Å². The highest BCUT2D eigenvalue weighted by Gasteiger charge is 2.48. The molecule has 0 aromatic heterocycles. The summed E-state index contributed by atoms with van der Waals surface area (Å²) < 4.78 is 5.72. The summed E-state index contributed by atoms with van der Waals surface area (Å²) in [7, 11) is 1.91. The molecule has 158 valence electrons. The molecular weight excluding hydrogens is 372 g/mol. The van der Waals surface area contributed by atoms with Gasteiger partial charge in [0.1, 0.15) is 29.9 Å². The number of likely N-dealkylation sites (N-methyl/N-ethyl adjacent to an activating group) is 1. The molecule has 1 amide bonds. The average Bonchev–Trinajstić information content (AvgIpc) is 2.99. The first-order valence-corrected chi connectivity index (χ1v) is 10.9. The summed E-state index contributed by atoms with van der Waals surface area (Å²) in [6, 6.07) is -1.20. The van der Waals surface area contributed by atoms with Gasteiger partial charge in [0.25, 0.3) is 0 Å². The maximum absolute atomic E-state index is 12.8. The number of carbonyl (C=O) groups excluding carboxylic acids is 1. The number of carbonyl (C=O) groups is 1. The van der Waals surface area contributed by atoms with Crippen molar-refractivity contribution in [2.24, 2.45) is 5.92 Å². The van der Waals surface area contributed by atoms with Crippen molar-refractivity contribution in [2.75, 3.05) is 19.8 Å². The number of amides is 1. The molecule has 0 aromatic rings. The molecule has 0 spiro atoms. The van der Waals surface area contributed by atoms with Gasteiger partial charge in [-0.2, -0.15) is 0 Å². The third kappa shape index (κ3) is 5.14. The van der Waals surface area contributed by atoms with Gasteiger partial charge in [0.2, 0.25) is 5.91 Å². The zero-order valence-corrected chi connectivity index (χ0v) is 17.3. The predicted molar refractivity (Wildman–Crippen MR) is 103 cm³/mol. The van der Waals surface area contributed by atoms with Crippen LogP contribution in [-0.4, -0.2) is 99.1 Å². The number of nitrogens with one attached hydrogen (secondary N) is 1. The minimum atomic E-state index is -1.42. The maximum Gasteiger partial charge on any atom is 0.237 e. The van der Waals surface area contributed by atoms with Crippen molar-refractivity contribution < 1.29 is 30.0 Å². The van der Waals surface area contributed by atoms with Crippen LogP contribution in [0.25, 0.3) is 0 Å². The number of aliphatic hydroxyl groups excluding tert-OH is 4. The van der Waals surface area contributed by atoms with E-state index in [0.29, 0.717) is 5.92 Å². The Morgan fingerprint density at radius 1 is 1.30 bits per heavy atom. The Hall–Kier alpha value is -0.420. The zero-order chi connectivity index (χ0) is 20.3. The molecule has 27 heavy (non-hydrogen) atoms. The van der Waals surface area contributed by atoms with Gasteiger partial charge >= 0.3 is 0 Å². The van der Waals surface area contributed by atoms with E-state index in [4.69, 9.17) is 4.74 Å². The lowest BCUT2D eigenvalue weighted by Gasteiger charge is -2.44. The summed E-state index contributed by atoms with van der Waals surface area (Å²) in [5.41, 5.74) is -0.755. The van der Waals surface area contributed by atoms with Crippen molar-refractivity contribution in [2.45, 2.75) is 81.1 Å². The number of rotatable bonds is 7. The lowest BCUT2D eigenvalue weighted by atomic mass is 9.92. The summed E-state index contributed by atoms with van der Waals surface area (Å²) in [6.07, 6.45) is -1.50. The van der Waals surface area contributed by atoms with E-state index in [2.05, 4.69) is 12.2 Å². The first-order valence-electron chi connectivity index (χ1n) is 9.62. The minimum absolute atomic E-state index is 0.223. The second-order valence-electron chi connectivity index (χ2n) is 7.80. The van der Waals surface area contributed by atoms with Gasteiger partial charge in [-0.1, -0.05) is 13.3 Å². The molecule has 0 saturated carbocycles. The van der Waals surface area contributed by atoms with Crippen molar-refractivity contribution >= 4 is 17.7 Å². The van der Waals surface area contributed by atoms with Gasteiger partial charge in [-0.3, -0.25) is 9.69 Å². The summed E-state index contributed by atoms with van der Waals surface area (Å²) in [5.74, 6) is 0.245. The molecule has 0 aromatic carbocycles. The molecule has 2 unspecified atom stereocenters. The van der Waals surface area contributed by atoms with Crippen LogP contribution < -0.4 is 5.32 Å². The summed E-state index contributed by atoms with van der Waals surface area (Å²) in [6.45, 7) is 4.48. The number of hydrogen-bond donors (Lipinski definition) is 5. The summed E-state index contributed by atoms with van der Waals surface area (Å²) in [4.78, 5) is 14.9. The smallest absolute Gasteiger partial charge is 0.237 e. The van der Waals surface area contributed by atoms with Crippen LogP contribution in [0, 0.1) is 5.92 Å². The number of ether oxygens (including phenoxy) is 1. The fraction of sp³-hybridized carbons (Fsp3) is 0.944. The highest BCUT2D eigenvalue weighted by Crippen LogP contribution is 2.30. The van der Waals surface area contributed by atoms with E-state index in [1.54, 1.807) is 6.26 Å². The van der Waals surface area contributed by atoms with Crippen LogP contribution in [0.4, 0.5) is 0 Å². The molecule has 5 N–H and O–H groups in total. The van der Waals surface area contributed by atoms with Gasteiger partial charge in [-0.05, 0) is 39.0 Å². The molecule has 8 nitrogen and oxygen atoms in total. The Kier molecular flexibility index (Phi) is 8.35. The van der Waals surface area contributed by atoms with Gasteiger partial charge in [-0.25, -0.2) is 0 Å². The second kappa shape index (κ2) is 9.87. The van der Waals surface area contributed by atoms with E-state index >= 15 is 0 Å². The van der Waals surface area contributed by atoms with Crippen LogP contribution >= 0.6 is 11.8 Å². The number of nitrogens with zero attached hydrogens (tertiary/aromatic N) is 1. The van der Waals surface area contributed by atoms with Crippen molar-refractivity contribution in [1.29, 1.82) is 0 Å². The fourth-order valence-corrected chi connectivity index (χ4v) is 4.81. The second-order valence-corrected chi connectivity index (χ2v) is 8.73. The highest BCUT2D eigenvalue weighted by molar-refractivity contribution is 7.99. The predicted octanol–water partition coefficient (Wildman–Crippen LogP) is -0.857. The number of thioether (sulfide) groups is 1. The molecule has 2 rings (SSSR count). The monoisotopic (exact) mass is 406 g/mol. The number of aliphatic hydroxyl groups is 4. The van der Waals surface area contributed by atoms with Crippen molar-refractivity contribution in [3.05, 3.63) is 0 Å². The molecule has 2 saturated heterocycles. The molecule has 2 aliphatic rings. The average molecular weight is 407 g/mol. The normalized spacial score (nSPS) is 39.9. The van der Waals surface area contributed by atoms with E-state index in [0.717, 1.165) is 25.8 Å². The van der Waals surface area contributed by atoms with Gasteiger partial charge in [0.05, 0.1) is 18.2 Å². The lowest BCUT2D eigenvalue weighted by molar-refractivity contribution is -0.211. The largest absolute Gasteiger partial charge is 0.391 e. The maximum atomic E-state index is 12.8. The van der Waals surface area contributed by atoms with Gasteiger partial charge in [0, 0.05) is 6.54 Å². The van der Waals surface area contributed by atoms with Gasteiger partial charge in [0.15, 0.2) is 0 Å². The van der Waals surface area contributed by atoms with Crippen molar-refractivity contribution in [1.82, 2.24) is 10.2 Å². The first kappa shape index (κ1) is 22.9. The van der Waals surface area contributed by atoms with Crippen molar-refractivity contribution in [3.63, 3.8) is 0 Å². The van der Waals surface area contributed by atoms with Gasteiger partial charge < -0.3 is 30.5 Å². The minimum Gasteiger partial charge on any atom is -0.391 e. The molecule has 2 aliphatic heterocycles. The van der Waals surface area contributed by atoms with Crippen LogP contribution in [0.1, 0.15) is 33.1 Å². The molecule has 9 atom stereocenters. The molecule has 9 heteroatoms. The van der Waals surface area contributed by atoms with Gasteiger partial charge in [-0.15, -0.1) is 11.8 Å². The molecule has 0 aliphatic carbocycles. The van der Waals surface area contributed by atoms with E-state index in [1.807, 2.05) is 11.9 Å². The molecular formula is C18H34N2O6S. The third-order valence-electron chi connectivity index (χ3n) is 5.66. The van der Waals surface area contributed by atoms with E-state index in [9.17, 15) is 25.2 Å². The fourth-order valence-electron chi connectivity index (χ4n) is 4.13. The molecule has 0 bridgehead atoms. The summed E-state index contributed by atoms with van der Waals surface area (Å²) >= 11 is 1.20. The standard InChI is InChI=1S/C18H34N2O6S/c1-5-6-10-7-11(20(3)8-10)17(25)19-12(9(2)21)16-14(23)13(22)15(24)18(26-16)27-4/h9-16,18,21-24H,5-8H2,1-4H3,(H,19,25)/t9-,10?,11?,12-,13+,14-,15-,16-,18-/m1/s1. The zero-order valence-electron chi connectivity index (χ0n) is 16.5. The Morgan fingerprint density at radius 2 is 1.96 bits per heavy atom. The molecule has 0 radical (unpaired) electrons. The first-order chi connectivity index (χ1) is 12.7. The molecule has 2 fully saturated rings. The third-order valence-corrected chi connectivity index (χ3v) is 6.51. The van der Waals surface area contributed by atoms with Crippen LogP contribution in [-0.2, 0) is 9.53 Å². The Balaban J connectivity index is 2.09. The van der Waals surface area contributed by atoms with E-state index in [1.165, 1.54) is 18.7 Å². The van der Waals surface area contributed by atoms with Crippen molar-refractivity contribution in [3.8, 4) is 0 Å². The number of hydrogen-bond acceptors (Lipinski definition) is 8. The Labute approximate surface area is 165 Å². The topological polar surface area (TPSA) is 122 Å². The quantitative estimate of drug-likeness (QED) is 0.370. The lowest BCUT2D eigenvalue weighted by Crippen LogP contribution is -2.65. The molecule has 2 heterocycles. The SMILES string of the molecule is CCCC1CC(C(=O)N[C@@H]([C@H]2O[C@H](SC)[C@H](O)[C@@H](O)[C@H]2O)[C@@H](C)O)N(C)C1. The highest BCUT2D eigenvalue weighted by atomic mass is 32.2. The Bertz CT molecular complexity index is 494. The Morgan fingerprint density at radius 3 is 2.52 bits per heavy atom. The summed E-state index contributed by atoms with van der Waals surface area (Å²) in [5, 5.41) is 43.5. The van der Waals surface area contributed by atoms with Crippen LogP contribution in [0.5, 0.6) is 0 Å². The van der Waals surface area contributed by atoms with Crippen LogP contribution in [0.2, 0.25) is 0 Å².